The number of hydrogen-bond acceptors (Lipinski definition) is 3. The van der Waals surface area contributed by atoms with Gasteiger partial charge < -0.3 is 5.32 Å². The Labute approximate surface area is 115 Å². The van der Waals surface area contributed by atoms with Gasteiger partial charge in [0.15, 0.2) is 0 Å². The van der Waals surface area contributed by atoms with Crippen LogP contribution in [0.25, 0.3) is 0 Å². The minimum Gasteiger partial charge on any atom is -0.306 e. The lowest BCUT2D eigenvalue weighted by Gasteiger charge is -2.04. The smallest absolute Gasteiger partial charge is 0.258 e. The molecule has 0 aliphatic rings. The fourth-order valence-corrected chi connectivity index (χ4v) is 1.90. The van der Waals surface area contributed by atoms with Gasteiger partial charge in [0.2, 0.25) is 0 Å². The summed E-state index contributed by atoms with van der Waals surface area (Å²) in [6.07, 6.45) is 4.73. The Morgan fingerprint density at radius 2 is 2.00 bits per heavy atom. The zero-order chi connectivity index (χ0) is 12.3. The van der Waals surface area contributed by atoms with E-state index in [9.17, 15) is 4.79 Å². The first kappa shape index (κ1) is 12.2. The predicted molar refractivity (Wildman–Crippen MR) is 71.8 cm³/mol. The molecule has 1 amide bonds. The number of pyridine rings is 2. The molecule has 0 unspecified atom stereocenters. The molecule has 0 atom stereocenters. The van der Waals surface area contributed by atoms with Gasteiger partial charge in [-0.1, -0.05) is 15.9 Å². The summed E-state index contributed by atoms with van der Waals surface area (Å²) in [5.74, 6) is 0.244. The lowest BCUT2D eigenvalue weighted by Crippen LogP contribution is -2.13. The van der Waals surface area contributed by atoms with E-state index in [0.29, 0.717) is 11.4 Å². The van der Waals surface area contributed by atoms with Crippen LogP contribution in [0.5, 0.6) is 0 Å². The third kappa shape index (κ3) is 3.34. The molecule has 4 nitrogen and oxygen atoms in total. The first-order valence-electron chi connectivity index (χ1n) is 4.68. The van der Waals surface area contributed by atoms with E-state index in [1.165, 1.54) is 6.20 Å². The Kier molecular flexibility index (Phi) is 3.86. The highest BCUT2D eigenvalue weighted by Crippen LogP contribution is 2.14. The van der Waals surface area contributed by atoms with E-state index in [2.05, 4.69) is 47.1 Å². The van der Waals surface area contributed by atoms with Crippen LogP contribution in [0.4, 0.5) is 5.82 Å². The molecule has 2 rings (SSSR count). The average molecular weight is 357 g/mol. The van der Waals surface area contributed by atoms with Crippen LogP contribution in [-0.4, -0.2) is 15.9 Å². The van der Waals surface area contributed by atoms with E-state index in [4.69, 9.17) is 0 Å². The van der Waals surface area contributed by atoms with Gasteiger partial charge in [0, 0.05) is 27.5 Å². The molecule has 0 fully saturated rings. The second-order valence-corrected chi connectivity index (χ2v) is 5.04. The van der Waals surface area contributed by atoms with Gasteiger partial charge in [-0.15, -0.1) is 0 Å². The van der Waals surface area contributed by atoms with Crippen molar-refractivity contribution in [2.75, 3.05) is 5.32 Å². The van der Waals surface area contributed by atoms with E-state index >= 15 is 0 Å². The molecule has 0 saturated heterocycles. The number of carbonyl (C=O) groups is 1. The maximum Gasteiger partial charge on any atom is 0.258 e. The Morgan fingerprint density at radius 1 is 1.18 bits per heavy atom. The first-order valence-corrected chi connectivity index (χ1v) is 6.27. The maximum absolute atomic E-state index is 11.9. The highest BCUT2D eigenvalue weighted by atomic mass is 79.9. The standard InChI is InChI=1S/C11H7Br2N3O/c12-8-1-2-15-10(4-8)16-11(17)7-3-9(13)6-14-5-7/h1-6H,(H,15,16,17). The van der Waals surface area contributed by atoms with Gasteiger partial charge in [-0.25, -0.2) is 4.98 Å². The molecule has 1 N–H and O–H groups in total. The monoisotopic (exact) mass is 355 g/mol. The van der Waals surface area contributed by atoms with Crippen molar-refractivity contribution in [2.45, 2.75) is 0 Å². The topological polar surface area (TPSA) is 54.9 Å². The third-order valence-corrected chi connectivity index (χ3v) is 2.86. The molecular weight excluding hydrogens is 350 g/mol. The van der Waals surface area contributed by atoms with Crippen molar-refractivity contribution in [1.82, 2.24) is 9.97 Å². The number of anilines is 1. The van der Waals surface area contributed by atoms with Crippen molar-refractivity contribution in [3.8, 4) is 0 Å². The minimum atomic E-state index is -0.246. The molecule has 86 valence electrons. The average Bonchev–Trinajstić information content (AvgIpc) is 2.29. The zero-order valence-electron chi connectivity index (χ0n) is 8.52. The van der Waals surface area contributed by atoms with Crippen LogP contribution in [0.15, 0.2) is 45.7 Å². The fraction of sp³-hybridized carbons (Fsp3) is 0. The Morgan fingerprint density at radius 3 is 2.71 bits per heavy atom. The molecule has 0 spiro atoms. The summed E-state index contributed by atoms with van der Waals surface area (Å²) in [6.45, 7) is 0. The van der Waals surface area contributed by atoms with Crippen LogP contribution in [-0.2, 0) is 0 Å². The van der Waals surface area contributed by atoms with Crippen LogP contribution in [0.2, 0.25) is 0 Å². The molecule has 0 aliphatic carbocycles. The highest BCUT2D eigenvalue weighted by molar-refractivity contribution is 9.10. The molecule has 2 heterocycles. The van der Waals surface area contributed by atoms with E-state index < -0.39 is 0 Å². The van der Waals surface area contributed by atoms with Gasteiger partial charge in [-0.3, -0.25) is 9.78 Å². The number of halogens is 2. The summed E-state index contributed by atoms with van der Waals surface area (Å²) in [5, 5.41) is 2.69. The predicted octanol–water partition coefficient (Wildman–Crippen LogP) is 3.25. The lowest BCUT2D eigenvalue weighted by molar-refractivity contribution is 0.102. The second kappa shape index (κ2) is 5.37. The number of nitrogens with one attached hydrogen (secondary N) is 1. The summed E-state index contributed by atoms with van der Waals surface area (Å²) in [6, 6.07) is 5.21. The highest BCUT2D eigenvalue weighted by Gasteiger charge is 2.07. The van der Waals surface area contributed by atoms with E-state index in [0.717, 1.165) is 8.95 Å². The third-order valence-electron chi connectivity index (χ3n) is 1.93. The molecule has 0 bridgehead atoms. The van der Waals surface area contributed by atoms with Crippen LogP contribution in [0.1, 0.15) is 10.4 Å². The Balaban J connectivity index is 2.17. The van der Waals surface area contributed by atoms with Crippen LogP contribution in [0, 0.1) is 0 Å². The molecule has 6 heteroatoms. The Bertz CT molecular complexity index is 560. The zero-order valence-corrected chi connectivity index (χ0v) is 11.7. The molecule has 0 aromatic carbocycles. The molecule has 0 aliphatic heterocycles. The van der Waals surface area contributed by atoms with Gasteiger partial charge in [0.1, 0.15) is 5.82 Å². The van der Waals surface area contributed by atoms with Gasteiger partial charge in [-0.05, 0) is 34.1 Å². The van der Waals surface area contributed by atoms with Gasteiger partial charge in [0.25, 0.3) is 5.91 Å². The molecule has 2 aromatic rings. The minimum absolute atomic E-state index is 0.246. The van der Waals surface area contributed by atoms with Crippen molar-refractivity contribution >= 4 is 43.6 Å². The van der Waals surface area contributed by atoms with Gasteiger partial charge in [-0.2, -0.15) is 0 Å². The number of amides is 1. The number of carbonyl (C=O) groups excluding carboxylic acids is 1. The maximum atomic E-state index is 11.9. The largest absolute Gasteiger partial charge is 0.306 e. The second-order valence-electron chi connectivity index (χ2n) is 3.21. The lowest BCUT2D eigenvalue weighted by atomic mass is 10.3. The van der Waals surface area contributed by atoms with Crippen molar-refractivity contribution in [2.24, 2.45) is 0 Å². The number of rotatable bonds is 2. The SMILES string of the molecule is O=C(Nc1cc(Br)ccn1)c1cncc(Br)c1. The van der Waals surface area contributed by atoms with Crippen molar-refractivity contribution < 1.29 is 4.79 Å². The molecule has 0 saturated carbocycles. The van der Waals surface area contributed by atoms with Crippen LogP contribution in [0.3, 0.4) is 0 Å². The quantitative estimate of drug-likeness (QED) is 0.898. The van der Waals surface area contributed by atoms with Crippen LogP contribution < -0.4 is 5.32 Å². The van der Waals surface area contributed by atoms with Gasteiger partial charge >= 0.3 is 0 Å². The summed E-state index contributed by atoms with van der Waals surface area (Å²) in [5.41, 5.74) is 0.473. The van der Waals surface area contributed by atoms with E-state index in [1.807, 2.05) is 0 Å². The summed E-state index contributed by atoms with van der Waals surface area (Å²) >= 11 is 6.57. The summed E-state index contributed by atoms with van der Waals surface area (Å²) < 4.78 is 1.61. The summed E-state index contributed by atoms with van der Waals surface area (Å²) in [7, 11) is 0. The van der Waals surface area contributed by atoms with Crippen molar-refractivity contribution in [1.29, 1.82) is 0 Å². The number of aromatic nitrogens is 2. The normalized spacial score (nSPS) is 10.0. The van der Waals surface area contributed by atoms with Crippen molar-refractivity contribution in [3.63, 3.8) is 0 Å². The first-order chi connectivity index (χ1) is 8.15. The number of hydrogen-bond donors (Lipinski definition) is 1. The molecule has 2 aromatic heterocycles. The molecule has 0 radical (unpaired) electrons. The van der Waals surface area contributed by atoms with Gasteiger partial charge in [0.05, 0.1) is 5.56 Å². The summed E-state index contributed by atoms with van der Waals surface area (Å²) in [4.78, 5) is 19.8. The Hall–Kier alpha value is -1.27. The van der Waals surface area contributed by atoms with Crippen LogP contribution >= 0.6 is 31.9 Å². The molecule has 17 heavy (non-hydrogen) atoms. The molecular formula is C11H7Br2N3O. The fourth-order valence-electron chi connectivity index (χ4n) is 1.20. The van der Waals surface area contributed by atoms with Crippen molar-refractivity contribution in [3.05, 3.63) is 51.3 Å². The number of nitrogens with zero attached hydrogens (tertiary/aromatic N) is 2. The van der Waals surface area contributed by atoms with E-state index in [1.54, 1.807) is 30.6 Å². The van der Waals surface area contributed by atoms with E-state index in [-0.39, 0.29) is 5.91 Å².